The molecule has 0 amide bonds. The van der Waals surface area contributed by atoms with E-state index in [2.05, 4.69) is 56.8 Å². The second-order valence-corrected chi connectivity index (χ2v) is 7.91. The third-order valence-electron chi connectivity index (χ3n) is 5.05. The number of fused-ring (bicyclic) bond motifs is 1. The molecule has 142 valence electrons. The molecule has 0 aromatic carbocycles. The summed E-state index contributed by atoms with van der Waals surface area (Å²) in [4.78, 5) is 20.5. The lowest BCUT2D eigenvalue weighted by Crippen LogP contribution is -2.35. The minimum atomic E-state index is 0.232. The summed E-state index contributed by atoms with van der Waals surface area (Å²) in [6.07, 6.45) is 4.58. The number of piperidine rings is 1. The number of aryl methyl sites for hydroxylation is 2. The van der Waals surface area contributed by atoms with Gasteiger partial charge in [0.1, 0.15) is 12.1 Å². The van der Waals surface area contributed by atoms with Crippen molar-refractivity contribution >= 4 is 16.9 Å². The fourth-order valence-corrected chi connectivity index (χ4v) is 3.88. The highest BCUT2D eigenvalue weighted by Gasteiger charge is 2.28. The van der Waals surface area contributed by atoms with Crippen molar-refractivity contribution in [2.24, 2.45) is 5.92 Å². The molecule has 0 N–H and O–H groups in total. The van der Waals surface area contributed by atoms with Gasteiger partial charge >= 0.3 is 0 Å². The maximum atomic E-state index is 5.58. The van der Waals surface area contributed by atoms with Gasteiger partial charge in [-0.05, 0) is 44.2 Å². The Bertz CT molecular complexity index is 951. The summed E-state index contributed by atoms with van der Waals surface area (Å²) in [5, 5.41) is 5.20. The van der Waals surface area contributed by atoms with Crippen LogP contribution in [-0.4, -0.2) is 38.2 Å². The van der Waals surface area contributed by atoms with Crippen LogP contribution < -0.4 is 4.90 Å². The Morgan fingerprint density at radius 2 is 2.07 bits per heavy atom. The van der Waals surface area contributed by atoms with E-state index in [1.807, 2.05) is 6.92 Å². The average Bonchev–Trinajstić information content (AvgIpc) is 3.09. The molecule has 3 aromatic heterocycles. The second-order valence-electron chi connectivity index (χ2n) is 7.91. The molecule has 4 rings (SSSR count). The summed E-state index contributed by atoms with van der Waals surface area (Å²) in [5.74, 6) is 3.26. The normalized spacial score (nSPS) is 17.8. The van der Waals surface area contributed by atoms with Crippen LogP contribution in [0.5, 0.6) is 0 Å². The Labute approximate surface area is 159 Å². The van der Waals surface area contributed by atoms with Crippen molar-refractivity contribution in [3.63, 3.8) is 0 Å². The summed E-state index contributed by atoms with van der Waals surface area (Å²) < 4.78 is 5.58. The molecule has 0 bridgehead atoms. The number of aromatic nitrogens is 5. The van der Waals surface area contributed by atoms with E-state index in [1.54, 1.807) is 6.33 Å². The highest BCUT2D eigenvalue weighted by molar-refractivity contribution is 5.90. The molecule has 0 radical (unpaired) electrons. The molecule has 7 heteroatoms. The molecule has 1 aliphatic rings. The maximum absolute atomic E-state index is 5.58. The first kappa shape index (κ1) is 17.8. The molecule has 0 saturated carbocycles. The van der Waals surface area contributed by atoms with Crippen LogP contribution in [-0.2, 0) is 6.42 Å². The second kappa shape index (κ2) is 7.21. The van der Waals surface area contributed by atoms with E-state index in [0.717, 1.165) is 72.2 Å². The van der Waals surface area contributed by atoms with Crippen molar-refractivity contribution < 1.29 is 4.52 Å². The Morgan fingerprint density at radius 1 is 1.22 bits per heavy atom. The Hall–Kier alpha value is -2.57. The molecular weight excluding hydrogens is 340 g/mol. The van der Waals surface area contributed by atoms with Gasteiger partial charge in [-0.1, -0.05) is 19.0 Å². The number of pyridine rings is 1. The van der Waals surface area contributed by atoms with E-state index in [9.17, 15) is 0 Å². The number of nitrogens with zero attached hydrogens (tertiary/aromatic N) is 6. The van der Waals surface area contributed by atoms with Crippen molar-refractivity contribution in [2.75, 3.05) is 18.0 Å². The molecule has 27 heavy (non-hydrogen) atoms. The first-order valence-electron chi connectivity index (χ1n) is 9.67. The first-order chi connectivity index (χ1) is 13.0. The molecule has 1 aliphatic heterocycles. The quantitative estimate of drug-likeness (QED) is 0.697. The predicted molar refractivity (Wildman–Crippen MR) is 104 cm³/mol. The fourth-order valence-electron chi connectivity index (χ4n) is 3.88. The third-order valence-corrected chi connectivity index (χ3v) is 5.05. The lowest BCUT2D eigenvalue weighted by atomic mass is 9.97. The summed E-state index contributed by atoms with van der Waals surface area (Å²) >= 11 is 0. The van der Waals surface area contributed by atoms with Gasteiger partial charge in [0.25, 0.3) is 0 Å². The van der Waals surface area contributed by atoms with Crippen LogP contribution in [0.3, 0.4) is 0 Å². The third kappa shape index (κ3) is 3.63. The molecular formula is C20H26N6O. The zero-order chi connectivity index (χ0) is 19.0. The number of hydrogen-bond acceptors (Lipinski definition) is 7. The minimum absolute atomic E-state index is 0.232. The van der Waals surface area contributed by atoms with Crippen LogP contribution in [0.1, 0.15) is 55.6 Å². The lowest BCUT2D eigenvalue weighted by molar-refractivity contribution is 0.329. The van der Waals surface area contributed by atoms with Gasteiger partial charge in [0.2, 0.25) is 5.89 Å². The lowest BCUT2D eigenvalue weighted by Gasteiger charge is -2.32. The molecule has 3 aromatic rings. The van der Waals surface area contributed by atoms with Gasteiger partial charge in [0.15, 0.2) is 11.5 Å². The van der Waals surface area contributed by atoms with E-state index < -0.39 is 0 Å². The van der Waals surface area contributed by atoms with Gasteiger partial charge < -0.3 is 9.42 Å². The number of rotatable bonds is 4. The van der Waals surface area contributed by atoms with E-state index in [1.165, 1.54) is 0 Å². The molecule has 1 fully saturated rings. The molecule has 4 heterocycles. The van der Waals surface area contributed by atoms with Crippen molar-refractivity contribution in [3.8, 4) is 0 Å². The van der Waals surface area contributed by atoms with Crippen molar-refractivity contribution in [2.45, 2.75) is 52.9 Å². The average molecular weight is 366 g/mol. The van der Waals surface area contributed by atoms with Crippen molar-refractivity contribution in [1.82, 2.24) is 25.1 Å². The molecule has 7 nitrogen and oxygen atoms in total. The summed E-state index contributed by atoms with van der Waals surface area (Å²) in [5.41, 5.74) is 2.90. The Kier molecular flexibility index (Phi) is 4.76. The smallest absolute Gasteiger partial charge is 0.231 e. The summed E-state index contributed by atoms with van der Waals surface area (Å²) in [6, 6.07) is 2.09. The molecule has 1 saturated heterocycles. The Morgan fingerprint density at radius 3 is 2.89 bits per heavy atom. The van der Waals surface area contributed by atoms with Crippen LogP contribution in [0.15, 0.2) is 16.9 Å². The topological polar surface area (TPSA) is 80.8 Å². The zero-order valence-electron chi connectivity index (χ0n) is 16.4. The molecule has 0 aliphatic carbocycles. The van der Waals surface area contributed by atoms with Gasteiger partial charge in [-0.3, -0.25) is 0 Å². The van der Waals surface area contributed by atoms with E-state index in [-0.39, 0.29) is 5.92 Å². The highest BCUT2D eigenvalue weighted by Crippen LogP contribution is 2.32. The first-order valence-corrected chi connectivity index (χ1v) is 9.67. The van der Waals surface area contributed by atoms with E-state index >= 15 is 0 Å². The van der Waals surface area contributed by atoms with Crippen molar-refractivity contribution in [1.29, 1.82) is 0 Å². The highest BCUT2D eigenvalue weighted by atomic mass is 16.5. The van der Waals surface area contributed by atoms with Crippen LogP contribution in [0, 0.1) is 19.8 Å². The molecule has 0 unspecified atom stereocenters. The maximum Gasteiger partial charge on any atom is 0.231 e. The number of anilines is 1. The summed E-state index contributed by atoms with van der Waals surface area (Å²) in [6.45, 7) is 10.2. The van der Waals surface area contributed by atoms with Gasteiger partial charge in [0.05, 0.1) is 11.3 Å². The Balaban J connectivity index is 1.62. The van der Waals surface area contributed by atoms with Gasteiger partial charge in [-0.2, -0.15) is 4.98 Å². The van der Waals surface area contributed by atoms with E-state index in [4.69, 9.17) is 4.52 Å². The van der Waals surface area contributed by atoms with E-state index in [0.29, 0.717) is 5.92 Å². The minimum Gasteiger partial charge on any atom is -0.355 e. The van der Waals surface area contributed by atoms with Gasteiger partial charge in [-0.25, -0.2) is 15.0 Å². The fraction of sp³-hybridized carbons (Fsp3) is 0.550. The summed E-state index contributed by atoms with van der Waals surface area (Å²) in [7, 11) is 0. The SMILES string of the molecule is Cc1cc(C)c2c(N3CCC[C@@H](c4nc(CC(C)C)no4)C3)ncnc2n1. The zero-order valence-corrected chi connectivity index (χ0v) is 16.4. The van der Waals surface area contributed by atoms with Gasteiger partial charge in [-0.15, -0.1) is 0 Å². The monoisotopic (exact) mass is 366 g/mol. The molecule has 1 atom stereocenters. The van der Waals surface area contributed by atoms with Crippen LogP contribution >= 0.6 is 0 Å². The van der Waals surface area contributed by atoms with Crippen LogP contribution in [0.25, 0.3) is 11.0 Å². The molecule has 0 spiro atoms. The van der Waals surface area contributed by atoms with Crippen molar-refractivity contribution in [3.05, 3.63) is 35.4 Å². The predicted octanol–water partition coefficient (Wildman–Crippen LogP) is 3.61. The van der Waals surface area contributed by atoms with Crippen LogP contribution in [0.2, 0.25) is 0 Å². The number of hydrogen-bond donors (Lipinski definition) is 0. The standard InChI is InChI=1S/C20H26N6O/c1-12(2)8-16-24-20(27-25-16)15-6-5-7-26(10-15)19-17-13(3)9-14(4)23-18(17)21-11-22-19/h9,11-12,15H,5-8,10H2,1-4H3/t15-/m1/s1. The largest absolute Gasteiger partial charge is 0.355 e. The van der Waals surface area contributed by atoms with Gasteiger partial charge in [0, 0.05) is 25.2 Å². The van der Waals surface area contributed by atoms with Crippen LogP contribution in [0.4, 0.5) is 5.82 Å².